The molecule has 2 aromatic rings. The van der Waals surface area contributed by atoms with Crippen molar-refractivity contribution in [2.24, 2.45) is 0 Å². The Morgan fingerprint density at radius 3 is 2.23 bits per heavy atom. The minimum absolute atomic E-state index is 0.213. The molecule has 0 saturated carbocycles. The summed E-state index contributed by atoms with van der Waals surface area (Å²) in [5, 5.41) is 2.19. The molecule has 0 fully saturated rings. The molecular weight excluding hydrogens is 395 g/mol. The van der Waals surface area contributed by atoms with Gasteiger partial charge in [0.15, 0.2) is 17.5 Å². The second-order valence-corrected chi connectivity index (χ2v) is 7.15. The molecule has 0 atom stereocenters. The van der Waals surface area contributed by atoms with Gasteiger partial charge in [-0.3, -0.25) is 9.59 Å². The average molecular weight is 421 g/mol. The minimum atomic E-state index is -1.66. The highest BCUT2D eigenvalue weighted by atomic mass is 19.2. The smallest absolute Gasteiger partial charge is 0.244 e. The Balaban J connectivity index is 1.96. The highest BCUT2D eigenvalue weighted by Gasteiger charge is 2.19. The summed E-state index contributed by atoms with van der Waals surface area (Å²) in [5.74, 6) is -5.37. The van der Waals surface area contributed by atoms with Crippen molar-refractivity contribution in [1.82, 2.24) is 4.90 Å². The predicted molar refractivity (Wildman–Crippen MR) is 111 cm³/mol. The Morgan fingerprint density at radius 1 is 0.967 bits per heavy atom. The minimum Gasteiger partial charge on any atom is -0.378 e. The van der Waals surface area contributed by atoms with Crippen molar-refractivity contribution >= 4 is 23.2 Å². The van der Waals surface area contributed by atoms with Crippen molar-refractivity contribution in [2.45, 2.75) is 26.2 Å². The van der Waals surface area contributed by atoms with Crippen LogP contribution < -0.4 is 10.2 Å². The van der Waals surface area contributed by atoms with E-state index >= 15 is 0 Å². The van der Waals surface area contributed by atoms with E-state index in [1.807, 2.05) is 50.2 Å². The van der Waals surface area contributed by atoms with Crippen molar-refractivity contribution in [3.05, 3.63) is 59.4 Å². The van der Waals surface area contributed by atoms with Crippen LogP contribution in [0.15, 0.2) is 36.4 Å². The number of aryl methyl sites for hydroxylation is 1. The Morgan fingerprint density at radius 2 is 1.63 bits per heavy atom. The zero-order valence-corrected chi connectivity index (χ0v) is 17.3. The molecule has 2 amide bonds. The number of nitrogens with one attached hydrogen (secondary N) is 1. The number of rotatable bonds is 9. The maximum absolute atomic E-state index is 13.7. The van der Waals surface area contributed by atoms with Crippen LogP contribution in [0.3, 0.4) is 0 Å². The van der Waals surface area contributed by atoms with Crippen LogP contribution in [-0.2, 0) is 16.0 Å². The first-order valence-electron chi connectivity index (χ1n) is 9.70. The van der Waals surface area contributed by atoms with E-state index in [4.69, 9.17) is 0 Å². The number of carbonyl (C=O) groups excluding carboxylic acids is 2. The van der Waals surface area contributed by atoms with E-state index in [0.29, 0.717) is 19.4 Å². The standard InChI is InChI=1S/C22H26F3N3O2/c1-4-13-28(14-19(29)26-18-11-10-17(23)21(24)22(18)25)20(30)12-7-15-5-8-16(9-6-15)27(2)3/h5-6,8-11H,4,7,12-14H2,1-3H3,(H,26,29). The maximum atomic E-state index is 13.7. The number of anilines is 2. The molecule has 5 nitrogen and oxygen atoms in total. The molecule has 30 heavy (non-hydrogen) atoms. The summed E-state index contributed by atoms with van der Waals surface area (Å²) < 4.78 is 40.1. The topological polar surface area (TPSA) is 52.7 Å². The number of halogens is 3. The van der Waals surface area contributed by atoms with Crippen molar-refractivity contribution < 1.29 is 22.8 Å². The summed E-state index contributed by atoms with van der Waals surface area (Å²) in [4.78, 5) is 28.2. The van der Waals surface area contributed by atoms with Gasteiger partial charge in [0.2, 0.25) is 11.8 Å². The van der Waals surface area contributed by atoms with Crippen LogP contribution >= 0.6 is 0 Å². The lowest BCUT2D eigenvalue weighted by Gasteiger charge is -2.22. The molecule has 2 rings (SSSR count). The van der Waals surface area contributed by atoms with Crippen LogP contribution in [0.5, 0.6) is 0 Å². The van der Waals surface area contributed by atoms with E-state index in [-0.39, 0.29) is 18.9 Å². The molecule has 2 aromatic carbocycles. The molecule has 0 aliphatic rings. The van der Waals surface area contributed by atoms with Crippen molar-refractivity contribution in [3.8, 4) is 0 Å². The maximum Gasteiger partial charge on any atom is 0.244 e. The van der Waals surface area contributed by atoms with Crippen LogP contribution in [0.4, 0.5) is 24.5 Å². The highest BCUT2D eigenvalue weighted by Crippen LogP contribution is 2.19. The number of nitrogens with zero attached hydrogens (tertiary/aromatic N) is 2. The van der Waals surface area contributed by atoms with E-state index in [0.717, 1.165) is 23.4 Å². The van der Waals surface area contributed by atoms with Gasteiger partial charge in [-0.2, -0.15) is 0 Å². The third kappa shape index (κ3) is 6.23. The lowest BCUT2D eigenvalue weighted by molar-refractivity contribution is -0.134. The molecule has 162 valence electrons. The molecular formula is C22H26F3N3O2. The molecule has 0 spiro atoms. The van der Waals surface area contributed by atoms with Gasteiger partial charge in [0.25, 0.3) is 0 Å². The van der Waals surface area contributed by atoms with Crippen molar-refractivity contribution in [2.75, 3.05) is 37.4 Å². The molecule has 0 heterocycles. The van der Waals surface area contributed by atoms with Crippen LogP contribution in [0.25, 0.3) is 0 Å². The molecule has 0 aromatic heterocycles. The fourth-order valence-electron chi connectivity index (χ4n) is 2.92. The zero-order chi connectivity index (χ0) is 22.3. The zero-order valence-electron chi connectivity index (χ0n) is 17.3. The summed E-state index contributed by atoms with van der Waals surface area (Å²) in [6.45, 7) is 1.92. The summed E-state index contributed by atoms with van der Waals surface area (Å²) >= 11 is 0. The van der Waals surface area contributed by atoms with Crippen LogP contribution in [-0.4, -0.2) is 43.9 Å². The summed E-state index contributed by atoms with van der Waals surface area (Å²) in [6.07, 6.45) is 1.37. The second kappa shape index (κ2) is 10.7. The van der Waals surface area contributed by atoms with Gasteiger partial charge >= 0.3 is 0 Å². The summed E-state index contributed by atoms with van der Waals surface area (Å²) in [6, 6.07) is 9.50. The average Bonchev–Trinajstić information content (AvgIpc) is 2.72. The summed E-state index contributed by atoms with van der Waals surface area (Å²) in [5.41, 5.74) is 1.58. The van der Waals surface area contributed by atoms with Gasteiger partial charge in [-0.1, -0.05) is 19.1 Å². The van der Waals surface area contributed by atoms with Crippen LogP contribution in [0.2, 0.25) is 0 Å². The fourth-order valence-corrected chi connectivity index (χ4v) is 2.92. The molecule has 0 saturated heterocycles. The van der Waals surface area contributed by atoms with Gasteiger partial charge in [-0.15, -0.1) is 0 Å². The first-order chi connectivity index (χ1) is 14.2. The molecule has 0 aliphatic carbocycles. The largest absolute Gasteiger partial charge is 0.378 e. The molecule has 0 unspecified atom stereocenters. The number of carbonyl (C=O) groups is 2. The monoisotopic (exact) mass is 421 g/mol. The Labute approximate surface area is 174 Å². The van der Waals surface area contributed by atoms with Gasteiger partial charge in [0.1, 0.15) is 0 Å². The van der Waals surface area contributed by atoms with Gasteiger partial charge in [-0.25, -0.2) is 13.2 Å². The molecule has 1 N–H and O–H groups in total. The van der Waals surface area contributed by atoms with E-state index in [1.54, 1.807) is 0 Å². The van der Waals surface area contributed by atoms with E-state index in [1.165, 1.54) is 4.90 Å². The first-order valence-corrected chi connectivity index (χ1v) is 9.70. The van der Waals surface area contributed by atoms with E-state index in [9.17, 15) is 22.8 Å². The van der Waals surface area contributed by atoms with Gasteiger partial charge in [0, 0.05) is 32.7 Å². The number of hydrogen-bond acceptors (Lipinski definition) is 3. The van der Waals surface area contributed by atoms with Gasteiger partial charge < -0.3 is 15.1 Å². The molecule has 0 bridgehead atoms. The van der Waals surface area contributed by atoms with E-state index < -0.39 is 29.0 Å². The first kappa shape index (κ1) is 23.3. The number of benzene rings is 2. The van der Waals surface area contributed by atoms with Crippen molar-refractivity contribution in [3.63, 3.8) is 0 Å². The molecule has 0 radical (unpaired) electrons. The Bertz CT molecular complexity index is 886. The normalized spacial score (nSPS) is 10.6. The SMILES string of the molecule is CCCN(CC(=O)Nc1ccc(F)c(F)c1F)C(=O)CCc1ccc(N(C)C)cc1. The third-order valence-electron chi connectivity index (χ3n) is 4.57. The van der Waals surface area contributed by atoms with E-state index in [2.05, 4.69) is 5.32 Å². The second-order valence-electron chi connectivity index (χ2n) is 7.15. The van der Waals surface area contributed by atoms with Crippen LogP contribution in [0.1, 0.15) is 25.3 Å². The molecule has 8 heteroatoms. The quantitative estimate of drug-likeness (QED) is 0.623. The highest BCUT2D eigenvalue weighted by molar-refractivity contribution is 5.94. The van der Waals surface area contributed by atoms with Crippen LogP contribution in [0, 0.1) is 17.5 Å². The number of amides is 2. The lowest BCUT2D eigenvalue weighted by atomic mass is 10.1. The van der Waals surface area contributed by atoms with Crippen molar-refractivity contribution in [1.29, 1.82) is 0 Å². The fraction of sp³-hybridized carbons (Fsp3) is 0.364. The van der Waals surface area contributed by atoms with Gasteiger partial charge in [-0.05, 0) is 42.7 Å². The van der Waals surface area contributed by atoms with Gasteiger partial charge in [0.05, 0.1) is 12.2 Å². The number of hydrogen-bond donors (Lipinski definition) is 1. The third-order valence-corrected chi connectivity index (χ3v) is 4.57. The molecule has 0 aliphatic heterocycles. The lowest BCUT2D eigenvalue weighted by Crippen LogP contribution is -2.38. The predicted octanol–water partition coefficient (Wildman–Crippen LogP) is 3.98. The summed E-state index contributed by atoms with van der Waals surface area (Å²) in [7, 11) is 3.89. The Kier molecular flexibility index (Phi) is 8.26. The Hall–Kier alpha value is -3.03.